The minimum absolute atomic E-state index is 0.0365. The number of rotatable bonds is 6. The van der Waals surface area contributed by atoms with E-state index in [0.29, 0.717) is 30.2 Å². The van der Waals surface area contributed by atoms with Gasteiger partial charge in [-0.2, -0.15) is 0 Å². The van der Waals surface area contributed by atoms with E-state index in [2.05, 4.69) is 5.32 Å². The van der Waals surface area contributed by atoms with Crippen molar-refractivity contribution < 1.29 is 24.2 Å². The van der Waals surface area contributed by atoms with Gasteiger partial charge in [0.1, 0.15) is 17.5 Å². The Kier molecular flexibility index (Phi) is 6.03. The van der Waals surface area contributed by atoms with Gasteiger partial charge in [-0.15, -0.1) is 0 Å². The number of carboxylic acids is 1. The van der Waals surface area contributed by atoms with Crippen LogP contribution >= 0.6 is 0 Å². The number of carboxylic acid groups (broad SMARTS) is 1. The van der Waals surface area contributed by atoms with Gasteiger partial charge in [-0.3, -0.25) is 14.5 Å². The van der Waals surface area contributed by atoms with Gasteiger partial charge in [-0.25, -0.2) is 0 Å². The average Bonchev–Trinajstić information content (AvgIpc) is 2.54. The number of hydrogen-bond acceptors (Lipinski definition) is 5. The fourth-order valence-electron chi connectivity index (χ4n) is 3.14. The smallest absolute Gasteiger partial charge is 0.325 e. The van der Waals surface area contributed by atoms with Gasteiger partial charge < -0.3 is 19.9 Å². The van der Waals surface area contributed by atoms with Crippen LogP contribution in [0, 0.1) is 0 Å². The molecule has 0 aliphatic carbocycles. The molecule has 7 heteroatoms. The second-order valence-electron chi connectivity index (χ2n) is 5.92. The first kappa shape index (κ1) is 18.1. The highest BCUT2D eigenvalue weighted by atomic mass is 16.5. The molecule has 0 spiro atoms. The molecule has 0 bridgehead atoms. The van der Waals surface area contributed by atoms with Crippen molar-refractivity contribution in [3.05, 3.63) is 23.8 Å². The normalized spacial score (nSPS) is 19.4. The number of ether oxygens (including phenoxy) is 2. The molecule has 1 saturated heterocycles. The fraction of sp³-hybridized carbons (Fsp3) is 0.529. The van der Waals surface area contributed by atoms with E-state index in [-0.39, 0.29) is 11.9 Å². The Morgan fingerprint density at radius 1 is 1.25 bits per heavy atom. The molecule has 1 fully saturated rings. The van der Waals surface area contributed by atoms with E-state index in [1.807, 2.05) is 4.90 Å². The molecule has 0 radical (unpaired) electrons. The van der Waals surface area contributed by atoms with Crippen LogP contribution in [-0.2, 0) is 9.59 Å². The quantitative estimate of drug-likeness (QED) is 0.817. The molecule has 1 amide bonds. The number of likely N-dealkylation sites (tertiary alicyclic amines) is 1. The van der Waals surface area contributed by atoms with Gasteiger partial charge in [0.15, 0.2) is 0 Å². The van der Waals surface area contributed by atoms with E-state index >= 15 is 0 Å². The summed E-state index contributed by atoms with van der Waals surface area (Å²) < 4.78 is 10.5. The number of aliphatic carboxylic acids is 1. The van der Waals surface area contributed by atoms with E-state index in [1.54, 1.807) is 18.2 Å². The molecule has 0 saturated carbocycles. The summed E-state index contributed by atoms with van der Waals surface area (Å²) in [5, 5.41) is 12.6. The zero-order valence-corrected chi connectivity index (χ0v) is 14.2. The molecule has 1 heterocycles. The number of carbonyl (C=O) groups is 2. The van der Waals surface area contributed by atoms with Crippen LogP contribution in [-0.4, -0.2) is 55.2 Å². The van der Waals surface area contributed by atoms with Crippen molar-refractivity contribution in [1.82, 2.24) is 10.2 Å². The first-order chi connectivity index (χ1) is 11.4. The largest absolute Gasteiger partial charge is 0.497 e. The number of methoxy groups -OCH3 is 2. The maximum Gasteiger partial charge on any atom is 0.325 e. The monoisotopic (exact) mass is 336 g/mol. The summed E-state index contributed by atoms with van der Waals surface area (Å²) in [4.78, 5) is 25.1. The van der Waals surface area contributed by atoms with Gasteiger partial charge in [-0.1, -0.05) is 0 Å². The summed E-state index contributed by atoms with van der Waals surface area (Å²) in [5.74, 6) is 0.0580. The van der Waals surface area contributed by atoms with E-state index in [9.17, 15) is 14.7 Å². The van der Waals surface area contributed by atoms with Crippen LogP contribution in [0.4, 0.5) is 0 Å². The van der Waals surface area contributed by atoms with Gasteiger partial charge >= 0.3 is 5.97 Å². The predicted octanol–water partition coefficient (Wildman–Crippen LogP) is 1.43. The Labute approximate surface area is 141 Å². The van der Waals surface area contributed by atoms with Crippen molar-refractivity contribution in [2.24, 2.45) is 0 Å². The summed E-state index contributed by atoms with van der Waals surface area (Å²) in [6, 6.07) is 4.28. The first-order valence-corrected chi connectivity index (χ1v) is 7.91. The Hall–Kier alpha value is -2.28. The zero-order valence-electron chi connectivity index (χ0n) is 14.2. The van der Waals surface area contributed by atoms with Crippen molar-refractivity contribution in [2.75, 3.05) is 27.3 Å². The van der Waals surface area contributed by atoms with Gasteiger partial charge in [0.25, 0.3) is 0 Å². The maximum atomic E-state index is 11.9. The molecule has 0 aromatic heterocycles. The Morgan fingerprint density at radius 3 is 2.38 bits per heavy atom. The topological polar surface area (TPSA) is 88.1 Å². The number of amides is 1. The highest BCUT2D eigenvalue weighted by molar-refractivity contribution is 5.76. The molecule has 2 unspecified atom stereocenters. The lowest BCUT2D eigenvalue weighted by Crippen LogP contribution is -2.49. The number of hydrogen-bond donors (Lipinski definition) is 2. The number of carbonyl (C=O) groups excluding carboxylic acids is 1. The molecular weight excluding hydrogens is 312 g/mol. The lowest BCUT2D eigenvalue weighted by molar-refractivity contribution is -0.144. The lowest BCUT2D eigenvalue weighted by atomic mass is 9.99. The molecule has 7 nitrogen and oxygen atoms in total. The van der Waals surface area contributed by atoms with E-state index in [4.69, 9.17) is 9.47 Å². The molecule has 2 atom stereocenters. The third kappa shape index (κ3) is 4.38. The SMILES string of the molecule is COc1cc(OC)cc(C(C(=O)O)N2CCCC(NC(C)=O)C2)c1. The van der Waals surface area contributed by atoms with Crippen molar-refractivity contribution in [3.8, 4) is 11.5 Å². The van der Waals surface area contributed by atoms with Crippen LogP contribution in [0.5, 0.6) is 11.5 Å². The number of nitrogens with one attached hydrogen (secondary N) is 1. The molecule has 132 valence electrons. The van der Waals surface area contributed by atoms with Gasteiger partial charge in [0.05, 0.1) is 14.2 Å². The fourth-order valence-corrected chi connectivity index (χ4v) is 3.14. The summed E-state index contributed by atoms with van der Waals surface area (Å²) >= 11 is 0. The van der Waals surface area contributed by atoms with Gasteiger partial charge in [0.2, 0.25) is 5.91 Å². The number of benzene rings is 1. The molecule has 1 aromatic carbocycles. The summed E-state index contributed by atoms with van der Waals surface area (Å²) in [6.45, 7) is 2.63. The minimum Gasteiger partial charge on any atom is -0.497 e. The van der Waals surface area contributed by atoms with E-state index < -0.39 is 12.0 Å². The molecule has 2 N–H and O–H groups in total. The Balaban J connectivity index is 2.29. The highest BCUT2D eigenvalue weighted by Crippen LogP contribution is 2.31. The second kappa shape index (κ2) is 8.01. The molecule has 1 aliphatic rings. The third-order valence-corrected chi connectivity index (χ3v) is 4.15. The number of piperidine rings is 1. The second-order valence-corrected chi connectivity index (χ2v) is 5.92. The molecule has 1 aliphatic heterocycles. The van der Waals surface area contributed by atoms with Crippen LogP contribution in [0.1, 0.15) is 31.4 Å². The van der Waals surface area contributed by atoms with Gasteiger partial charge in [0, 0.05) is 25.6 Å². The van der Waals surface area contributed by atoms with Crippen LogP contribution in [0.3, 0.4) is 0 Å². The summed E-state index contributed by atoms with van der Waals surface area (Å²) in [7, 11) is 3.06. The third-order valence-electron chi connectivity index (χ3n) is 4.15. The molecule has 2 rings (SSSR count). The standard InChI is InChI=1S/C17H24N2O5/c1-11(20)18-13-5-4-6-19(10-13)16(17(21)22)12-7-14(23-2)9-15(8-12)24-3/h7-9,13,16H,4-6,10H2,1-3H3,(H,18,20)(H,21,22). The van der Waals surface area contributed by atoms with Crippen LogP contribution in [0.25, 0.3) is 0 Å². The summed E-state index contributed by atoms with van der Waals surface area (Å²) in [5.41, 5.74) is 0.599. The van der Waals surface area contributed by atoms with Gasteiger partial charge in [-0.05, 0) is 37.1 Å². The van der Waals surface area contributed by atoms with Crippen LogP contribution in [0.15, 0.2) is 18.2 Å². The maximum absolute atomic E-state index is 11.9. The van der Waals surface area contributed by atoms with E-state index in [0.717, 1.165) is 12.8 Å². The van der Waals surface area contributed by atoms with Crippen LogP contribution < -0.4 is 14.8 Å². The lowest BCUT2D eigenvalue weighted by Gasteiger charge is -2.36. The average molecular weight is 336 g/mol. The zero-order chi connectivity index (χ0) is 17.7. The van der Waals surface area contributed by atoms with Crippen molar-refractivity contribution in [2.45, 2.75) is 31.8 Å². The van der Waals surface area contributed by atoms with Crippen molar-refractivity contribution in [3.63, 3.8) is 0 Å². The molecule has 24 heavy (non-hydrogen) atoms. The predicted molar refractivity (Wildman–Crippen MR) is 88.3 cm³/mol. The van der Waals surface area contributed by atoms with Crippen molar-refractivity contribution >= 4 is 11.9 Å². The Morgan fingerprint density at radius 2 is 1.88 bits per heavy atom. The van der Waals surface area contributed by atoms with E-state index in [1.165, 1.54) is 21.1 Å². The Bertz CT molecular complexity index is 582. The number of nitrogens with zero attached hydrogens (tertiary/aromatic N) is 1. The molecular formula is C17H24N2O5. The highest BCUT2D eigenvalue weighted by Gasteiger charge is 2.32. The first-order valence-electron chi connectivity index (χ1n) is 7.91. The summed E-state index contributed by atoms with van der Waals surface area (Å²) in [6.07, 6.45) is 1.68. The van der Waals surface area contributed by atoms with Crippen LogP contribution in [0.2, 0.25) is 0 Å². The van der Waals surface area contributed by atoms with Crippen molar-refractivity contribution in [1.29, 1.82) is 0 Å². The minimum atomic E-state index is -0.936. The molecule has 1 aromatic rings.